The second-order valence-corrected chi connectivity index (χ2v) is 3.51. The van der Waals surface area contributed by atoms with Crippen molar-refractivity contribution in [3.63, 3.8) is 0 Å². The Bertz CT molecular complexity index is 505. The van der Waals surface area contributed by atoms with Crippen molar-refractivity contribution in [1.29, 1.82) is 0 Å². The molecule has 0 aliphatic rings. The molecule has 0 aliphatic carbocycles. The highest BCUT2D eigenvalue weighted by Crippen LogP contribution is 2.27. The Morgan fingerprint density at radius 3 is 2.17 bits per heavy atom. The maximum Gasteiger partial charge on any atom is 0.435 e. The van der Waals surface area contributed by atoms with E-state index >= 15 is 0 Å². The third-order valence-corrected chi connectivity index (χ3v) is 2.32. The zero-order chi connectivity index (χ0) is 12.5. The second kappa shape index (κ2) is 5.41. The number of hydrogen-bond acceptors (Lipinski definition) is 2. The highest BCUT2D eigenvalue weighted by molar-refractivity contribution is 5.85. The van der Waals surface area contributed by atoms with E-state index in [0.29, 0.717) is 12.2 Å². The minimum Gasteiger partial charge on any atom is -0.326 e. The summed E-state index contributed by atoms with van der Waals surface area (Å²) in [6.07, 6.45) is -3.14. The second-order valence-electron chi connectivity index (χ2n) is 3.51. The van der Waals surface area contributed by atoms with Crippen LogP contribution in [0.3, 0.4) is 0 Å². The highest BCUT2D eigenvalue weighted by atomic mass is 35.5. The van der Waals surface area contributed by atoms with E-state index in [4.69, 9.17) is 5.73 Å². The lowest BCUT2D eigenvalue weighted by Gasteiger charge is -2.03. The average Bonchev–Trinajstić information content (AvgIpc) is 2.78. The Labute approximate surface area is 108 Å². The average molecular weight is 278 g/mol. The molecule has 3 nitrogen and oxygen atoms in total. The number of benzene rings is 1. The molecule has 98 valence electrons. The van der Waals surface area contributed by atoms with Crippen molar-refractivity contribution in [2.45, 2.75) is 12.7 Å². The van der Waals surface area contributed by atoms with E-state index in [2.05, 4.69) is 5.10 Å². The van der Waals surface area contributed by atoms with Gasteiger partial charge in [0.2, 0.25) is 0 Å². The van der Waals surface area contributed by atoms with Gasteiger partial charge >= 0.3 is 6.18 Å². The van der Waals surface area contributed by atoms with E-state index in [1.807, 2.05) is 0 Å². The Morgan fingerprint density at radius 1 is 1.11 bits per heavy atom. The Morgan fingerprint density at radius 2 is 1.72 bits per heavy atom. The Balaban J connectivity index is 0.00000162. The summed E-state index contributed by atoms with van der Waals surface area (Å²) in [6, 6.07) is 7.80. The van der Waals surface area contributed by atoms with Gasteiger partial charge in [0.25, 0.3) is 0 Å². The van der Waals surface area contributed by atoms with Crippen LogP contribution in [0.1, 0.15) is 11.3 Å². The van der Waals surface area contributed by atoms with Crippen molar-refractivity contribution in [3.05, 3.63) is 47.8 Å². The van der Waals surface area contributed by atoms with Crippen LogP contribution < -0.4 is 5.73 Å². The predicted molar refractivity (Wildman–Crippen MR) is 63.7 cm³/mol. The lowest BCUT2D eigenvalue weighted by atomic mass is 10.2. The normalized spacial score (nSPS) is 11.1. The highest BCUT2D eigenvalue weighted by Gasteiger charge is 2.33. The fourth-order valence-electron chi connectivity index (χ4n) is 1.40. The molecule has 2 rings (SSSR count). The molecule has 0 spiro atoms. The van der Waals surface area contributed by atoms with E-state index < -0.39 is 11.9 Å². The molecule has 0 fully saturated rings. The number of nitrogens with two attached hydrogens (primary N) is 1. The standard InChI is InChI=1S/C11H10F3N3.ClH/c12-11(13,14)10-5-6-17(16-10)9-3-1-8(7-15)2-4-9;/h1-6H,7,15H2;1H. The molecule has 1 heterocycles. The summed E-state index contributed by atoms with van der Waals surface area (Å²) in [5, 5.41) is 3.47. The first kappa shape index (κ1) is 14.5. The summed E-state index contributed by atoms with van der Waals surface area (Å²) in [5.41, 5.74) is 6.01. The minimum absolute atomic E-state index is 0. The number of nitrogens with zero attached hydrogens (tertiary/aromatic N) is 2. The summed E-state index contributed by atoms with van der Waals surface area (Å²) in [5.74, 6) is 0. The van der Waals surface area contributed by atoms with Gasteiger partial charge in [-0.15, -0.1) is 12.4 Å². The molecule has 2 N–H and O–H groups in total. The van der Waals surface area contributed by atoms with Crippen LogP contribution in [0.4, 0.5) is 13.2 Å². The maximum atomic E-state index is 12.3. The molecule has 0 saturated carbocycles. The van der Waals surface area contributed by atoms with Crippen LogP contribution in [0.15, 0.2) is 36.5 Å². The smallest absolute Gasteiger partial charge is 0.326 e. The van der Waals surface area contributed by atoms with Gasteiger partial charge in [0.05, 0.1) is 5.69 Å². The largest absolute Gasteiger partial charge is 0.435 e. The van der Waals surface area contributed by atoms with Crippen molar-refractivity contribution in [3.8, 4) is 5.69 Å². The Kier molecular flexibility index (Phi) is 4.37. The molecule has 0 amide bonds. The van der Waals surface area contributed by atoms with Gasteiger partial charge in [0.1, 0.15) is 0 Å². The van der Waals surface area contributed by atoms with Gasteiger partial charge in [-0.05, 0) is 23.8 Å². The number of halogens is 4. The van der Waals surface area contributed by atoms with E-state index in [0.717, 1.165) is 11.6 Å². The number of alkyl halides is 3. The summed E-state index contributed by atoms with van der Waals surface area (Å²) in [6.45, 7) is 0.396. The van der Waals surface area contributed by atoms with Gasteiger partial charge in [-0.25, -0.2) is 4.68 Å². The molecule has 0 radical (unpaired) electrons. The number of rotatable bonds is 2. The van der Waals surface area contributed by atoms with Crippen molar-refractivity contribution in [2.24, 2.45) is 5.73 Å². The molecule has 1 aromatic heterocycles. The van der Waals surface area contributed by atoms with Crippen LogP contribution in [0.2, 0.25) is 0 Å². The van der Waals surface area contributed by atoms with E-state index in [9.17, 15) is 13.2 Å². The molecule has 7 heteroatoms. The van der Waals surface area contributed by atoms with Gasteiger partial charge in [-0.3, -0.25) is 0 Å². The zero-order valence-corrected chi connectivity index (χ0v) is 10.0. The van der Waals surface area contributed by atoms with E-state index in [-0.39, 0.29) is 12.4 Å². The van der Waals surface area contributed by atoms with Gasteiger partial charge in [-0.1, -0.05) is 12.1 Å². The van der Waals surface area contributed by atoms with Crippen LogP contribution in [0.25, 0.3) is 5.69 Å². The molecule has 18 heavy (non-hydrogen) atoms. The molecule has 0 unspecified atom stereocenters. The Hall–Kier alpha value is -1.53. The lowest BCUT2D eigenvalue weighted by molar-refractivity contribution is -0.141. The van der Waals surface area contributed by atoms with Crippen molar-refractivity contribution >= 4 is 12.4 Å². The van der Waals surface area contributed by atoms with Crippen molar-refractivity contribution in [1.82, 2.24) is 9.78 Å². The quantitative estimate of drug-likeness (QED) is 0.917. The van der Waals surface area contributed by atoms with Crippen molar-refractivity contribution in [2.75, 3.05) is 0 Å². The van der Waals surface area contributed by atoms with Gasteiger partial charge in [-0.2, -0.15) is 18.3 Å². The fraction of sp³-hybridized carbons (Fsp3) is 0.182. The first-order chi connectivity index (χ1) is 8.00. The van der Waals surface area contributed by atoms with E-state index in [1.54, 1.807) is 24.3 Å². The van der Waals surface area contributed by atoms with Crippen LogP contribution >= 0.6 is 12.4 Å². The third kappa shape index (κ3) is 3.02. The zero-order valence-electron chi connectivity index (χ0n) is 9.19. The molecule has 1 aromatic carbocycles. The summed E-state index contributed by atoms with van der Waals surface area (Å²) in [7, 11) is 0. The summed E-state index contributed by atoms with van der Waals surface area (Å²) >= 11 is 0. The summed E-state index contributed by atoms with van der Waals surface area (Å²) < 4.78 is 38.2. The van der Waals surface area contributed by atoms with Crippen molar-refractivity contribution < 1.29 is 13.2 Å². The number of hydrogen-bond donors (Lipinski definition) is 1. The maximum absolute atomic E-state index is 12.3. The monoisotopic (exact) mass is 277 g/mol. The molecular formula is C11H11ClF3N3. The molecular weight excluding hydrogens is 267 g/mol. The molecule has 2 aromatic rings. The van der Waals surface area contributed by atoms with E-state index in [1.165, 1.54) is 10.9 Å². The SMILES string of the molecule is Cl.NCc1ccc(-n2ccc(C(F)(F)F)n2)cc1. The molecule has 0 bridgehead atoms. The van der Waals surface area contributed by atoms with Crippen LogP contribution in [0, 0.1) is 0 Å². The molecule has 0 saturated heterocycles. The van der Waals surface area contributed by atoms with Gasteiger partial charge in [0, 0.05) is 12.7 Å². The van der Waals surface area contributed by atoms with Crippen LogP contribution in [0.5, 0.6) is 0 Å². The van der Waals surface area contributed by atoms with Crippen LogP contribution in [-0.4, -0.2) is 9.78 Å². The minimum atomic E-state index is -4.41. The first-order valence-corrected chi connectivity index (χ1v) is 4.93. The molecule has 0 atom stereocenters. The third-order valence-electron chi connectivity index (χ3n) is 2.32. The van der Waals surface area contributed by atoms with Gasteiger partial charge in [0.15, 0.2) is 5.69 Å². The fourth-order valence-corrected chi connectivity index (χ4v) is 1.40. The predicted octanol–water partition coefficient (Wildman–Crippen LogP) is 2.77. The van der Waals surface area contributed by atoms with Gasteiger partial charge < -0.3 is 5.73 Å². The lowest BCUT2D eigenvalue weighted by Crippen LogP contribution is -2.07. The first-order valence-electron chi connectivity index (χ1n) is 4.93. The number of aromatic nitrogens is 2. The summed E-state index contributed by atoms with van der Waals surface area (Å²) in [4.78, 5) is 0. The topological polar surface area (TPSA) is 43.8 Å². The van der Waals surface area contributed by atoms with Crippen LogP contribution in [-0.2, 0) is 12.7 Å². The molecule has 0 aliphatic heterocycles.